The SMILES string of the molecule is CCN[C@H]1CCCc2cccnc21. The first-order valence-electron chi connectivity index (χ1n) is 5.09. The van der Waals surface area contributed by atoms with Gasteiger partial charge in [-0.3, -0.25) is 4.98 Å². The molecule has 0 amide bonds. The van der Waals surface area contributed by atoms with E-state index in [0.29, 0.717) is 6.04 Å². The molecule has 1 aromatic heterocycles. The van der Waals surface area contributed by atoms with Crippen LogP contribution in [0.25, 0.3) is 0 Å². The molecule has 1 aliphatic carbocycles. The smallest absolute Gasteiger partial charge is 0.0605 e. The average molecular weight is 176 g/mol. The van der Waals surface area contributed by atoms with Crippen molar-refractivity contribution < 1.29 is 0 Å². The van der Waals surface area contributed by atoms with Gasteiger partial charge in [0.1, 0.15) is 0 Å². The maximum atomic E-state index is 4.46. The fraction of sp³-hybridized carbons (Fsp3) is 0.545. The summed E-state index contributed by atoms with van der Waals surface area (Å²) in [4.78, 5) is 4.46. The molecule has 2 heteroatoms. The van der Waals surface area contributed by atoms with Gasteiger partial charge in [0.2, 0.25) is 0 Å². The zero-order chi connectivity index (χ0) is 9.10. The molecular formula is C11H16N2. The minimum absolute atomic E-state index is 0.495. The molecule has 13 heavy (non-hydrogen) atoms. The highest BCUT2D eigenvalue weighted by molar-refractivity contribution is 5.25. The predicted molar refractivity (Wildman–Crippen MR) is 53.6 cm³/mol. The molecule has 0 saturated carbocycles. The van der Waals surface area contributed by atoms with E-state index in [1.54, 1.807) is 0 Å². The molecule has 0 fully saturated rings. The molecule has 0 bridgehead atoms. The van der Waals surface area contributed by atoms with E-state index in [9.17, 15) is 0 Å². The maximum Gasteiger partial charge on any atom is 0.0605 e. The first-order chi connectivity index (χ1) is 6.42. The molecule has 0 saturated heterocycles. The van der Waals surface area contributed by atoms with Crippen molar-refractivity contribution >= 4 is 0 Å². The summed E-state index contributed by atoms with van der Waals surface area (Å²) in [5, 5.41) is 3.48. The van der Waals surface area contributed by atoms with Gasteiger partial charge in [0.25, 0.3) is 0 Å². The van der Waals surface area contributed by atoms with E-state index in [-0.39, 0.29) is 0 Å². The Labute approximate surface area is 79.4 Å². The van der Waals surface area contributed by atoms with Gasteiger partial charge in [0.15, 0.2) is 0 Å². The third kappa shape index (κ3) is 1.73. The van der Waals surface area contributed by atoms with Gasteiger partial charge in [-0.2, -0.15) is 0 Å². The number of pyridine rings is 1. The van der Waals surface area contributed by atoms with Gasteiger partial charge >= 0.3 is 0 Å². The summed E-state index contributed by atoms with van der Waals surface area (Å²) in [6.45, 7) is 3.18. The lowest BCUT2D eigenvalue weighted by Crippen LogP contribution is -2.25. The molecule has 70 valence electrons. The third-order valence-corrected chi connectivity index (χ3v) is 2.65. The summed E-state index contributed by atoms with van der Waals surface area (Å²) in [6.07, 6.45) is 5.62. The largest absolute Gasteiger partial charge is 0.309 e. The standard InChI is InChI=1S/C11H16N2/c1-2-12-10-7-3-5-9-6-4-8-13-11(9)10/h4,6,8,10,12H,2-3,5,7H2,1H3/t10-/m0/s1. The van der Waals surface area contributed by atoms with Crippen LogP contribution in [0.15, 0.2) is 18.3 Å². The molecule has 0 aliphatic heterocycles. The van der Waals surface area contributed by atoms with Crippen LogP contribution in [-0.4, -0.2) is 11.5 Å². The minimum Gasteiger partial charge on any atom is -0.309 e. The number of hydrogen-bond acceptors (Lipinski definition) is 2. The van der Waals surface area contributed by atoms with Crippen molar-refractivity contribution in [1.29, 1.82) is 0 Å². The molecule has 2 nitrogen and oxygen atoms in total. The van der Waals surface area contributed by atoms with Crippen LogP contribution in [0.5, 0.6) is 0 Å². The average Bonchev–Trinajstić information content (AvgIpc) is 2.19. The maximum absolute atomic E-state index is 4.46. The Kier molecular flexibility index (Phi) is 2.60. The van der Waals surface area contributed by atoms with Crippen LogP contribution in [-0.2, 0) is 6.42 Å². The Balaban J connectivity index is 2.26. The fourth-order valence-corrected chi connectivity index (χ4v) is 2.05. The van der Waals surface area contributed by atoms with E-state index in [2.05, 4.69) is 23.3 Å². The van der Waals surface area contributed by atoms with Crippen molar-refractivity contribution in [3.8, 4) is 0 Å². The zero-order valence-electron chi connectivity index (χ0n) is 8.09. The van der Waals surface area contributed by atoms with Crippen molar-refractivity contribution in [1.82, 2.24) is 10.3 Å². The second-order valence-electron chi connectivity index (χ2n) is 3.55. The number of rotatable bonds is 2. The molecule has 1 heterocycles. The molecule has 1 N–H and O–H groups in total. The summed E-state index contributed by atoms with van der Waals surface area (Å²) >= 11 is 0. The zero-order valence-corrected chi connectivity index (χ0v) is 8.09. The highest BCUT2D eigenvalue weighted by atomic mass is 14.9. The van der Waals surface area contributed by atoms with Crippen LogP contribution < -0.4 is 5.32 Å². The van der Waals surface area contributed by atoms with Crippen LogP contribution in [0, 0.1) is 0 Å². The second kappa shape index (κ2) is 3.88. The molecule has 0 unspecified atom stereocenters. The molecule has 0 aromatic carbocycles. The van der Waals surface area contributed by atoms with E-state index in [1.165, 1.54) is 30.5 Å². The Hall–Kier alpha value is -0.890. The lowest BCUT2D eigenvalue weighted by molar-refractivity contribution is 0.460. The van der Waals surface area contributed by atoms with E-state index < -0.39 is 0 Å². The lowest BCUT2D eigenvalue weighted by atomic mass is 9.92. The highest BCUT2D eigenvalue weighted by Gasteiger charge is 2.19. The van der Waals surface area contributed by atoms with Gasteiger partial charge in [-0.1, -0.05) is 13.0 Å². The Morgan fingerprint density at radius 3 is 3.38 bits per heavy atom. The number of aryl methyl sites for hydroxylation is 1. The van der Waals surface area contributed by atoms with Gasteiger partial charge in [-0.15, -0.1) is 0 Å². The quantitative estimate of drug-likeness (QED) is 0.746. The van der Waals surface area contributed by atoms with Gasteiger partial charge in [-0.25, -0.2) is 0 Å². The van der Waals surface area contributed by atoms with Crippen LogP contribution in [0.1, 0.15) is 37.1 Å². The van der Waals surface area contributed by atoms with E-state index in [0.717, 1.165) is 6.54 Å². The first-order valence-corrected chi connectivity index (χ1v) is 5.09. The molecule has 1 aromatic rings. The lowest BCUT2D eigenvalue weighted by Gasteiger charge is -2.24. The molecule has 2 rings (SSSR count). The third-order valence-electron chi connectivity index (χ3n) is 2.65. The van der Waals surface area contributed by atoms with Gasteiger partial charge in [0, 0.05) is 12.2 Å². The van der Waals surface area contributed by atoms with Crippen molar-refractivity contribution in [3.05, 3.63) is 29.6 Å². The number of aromatic nitrogens is 1. The summed E-state index contributed by atoms with van der Waals surface area (Å²) in [5.74, 6) is 0. The Morgan fingerprint density at radius 1 is 1.62 bits per heavy atom. The van der Waals surface area contributed by atoms with E-state index >= 15 is 0 Å². The molecule has 1 atom stereocenters. The topological polar surface area (TPSA) is 24.9 Å². The van der Waals surface area contributed by atoms with Crippen LogP contribution in [0.2, 0.25) is 0 Å². The van der Waals surface area contributed by atoms with E-state index in [1.807, 2.05) is 12.3 Å². The Morgan fingerprint density at radius 2 is 2.54 bits per heavy atom. The van der Waals surface area contributed by atoms with Gasteiger partial charge < -0.3 is 5.32 Å². The van der Waals surface area contributed by atoms with Crippen molar-refractivity contribution in [2.45, 2.75) is 32.2 Å². The van der Waals surface area contributed by atoms with Crippen molar-refractivity contribution in [3.63, 3.8) is 0 Å². The predicted octanol–water partition coefficient (Wildman–Crippen LogP) is 2.07. The van der Waals surface area contributed by atoms with Gasteiger partial charge in [0.05, 0.1) is 5.69 Å². The van der Waals surface area contributed by atoms with Crippen LogP contribution in [0.3, 0.4) is 0 Å². The van der Waals surface area contributed by atoms with Crippen LogP contribution >= 0.6 is 0 Å². The van der Waals surface area contributed by atoms with Crippen molar-refractivity contribution in [2.75, 3.05) is 6.54 Å². The molecule has 0 radical (unpaired) electrons. The number of hydrogen-bond donors (Lipinski definition) is 1. The summed E-state index contributed by atoms with van der Waals surface area (Å²) in [6, 6.07) is 4.73. The number of fused-ring (bicyclic) bond motifs is 1. The molecule has 0 spiro atoms. The second-order valence-corrected chi connectivity index (χ2v) is 3.55. The number of nitrogens with one attached hydrogen (secondary N) is 1. The fourth-order valence-electron chi connectivity index (χ4n) is 2.05. The monoisotopic (exact) mass is 176 g/mol. The summed E-state index contributed by atoms with van der Waals surface area (Å²) in [5.41, 5.74) is 2.70. The summed E-state index contributed by atoms with van der Waals surface area (Å²) < 4.78 is 0. The van der Waals surface area contributed by atoms with Crippen molar-refractivity contribution in [2.24, 2.45) is 0 Å². The van der Waals surface area contributed by atoms with E-state index in [4.69, 9.17) is 0 Å². The Bertz CT molecular complexity index is 283. The molecular weight excluding hydrogens is 160 g/mol. The normalized spacial score (nSPS) is 21.2. The molecule has 1 aliphatic rings. The summed E-state index contributed by atoms with van der Waals surface area (Å²) in [7, 11) is 0. The minimum atomic E-state index is 0.495. The highest BCUT2D eigenvalue weighted by Crippen LogP contribution is 2.27. The van der Waals surface area contributed by atoms with Crippen LogP contribution in [0.4, 0.5) is 0 Å². The number of nitrogens with zero attached hydrogens (tertiary/aromatic N) is 1. The first kappa shape index (κ1) is 8.70. The van der Waals surface area contributed by atoms with Gasteiger partial charge in [-0.05, 0) is 37.4 Å².